The Hall–Kier alpha value is -3.93. The lowest BCUT2D eigenvalue weighted by atomic mass is 9.70. The van der Waals surface area contributed by atoms with Gasteiger partial charge in [-0.3, -0.25) is 4.90 Å². The molecule has 1 fully saturated rings. The summed E-state index contributed by atoms with van der Waals surface area (Å²) in [5.74, 6) is 1.24. The van der Waals surface area contributed by atoms with Crippen LogP contribution in [0.25, 0.3) is 21.7 Å². The minimum atomic E-state index is -0.643. The molecule has 5 heteroatoms. The van der Waals surface area contributed by atoms with Crippen LogP contribution in [0.5, 0.6) is 11.6 Å². The van der Waals surface area contributed by atoms with Crippen LogP contribution in [0, 0.1) is 0 Å². The molecule has 192 valence electrons. The van der Waals surface area contributed by atoms with Crippen molar-refractivity contribution in [1.82, 2.24) is 9.88 Å². The molecule has 2 atom stereocenters. The summed E-state index contributed by atoms with van der Waals surface area (Å²) < 4.78 is 18.5. The third-order valence-corrected chi connectivity index (χ3v) is 7.77. The van der Waals surface area contributed by atoms with Gasteiger partial charge in [0, 0.05) is 23.4 Å². The summed E-state index contributed by atoms with van der Waals surface area (Å²) in [6.07, 6.45) is 0.816. The number of ether oxygens (including phenoxy) is 3. The van der Waals surface area contributed by atoms with Crippen molar-refractivity contribution in [2.24, 2.45) is 0 Å². The fourth-order valence-corrected chi connectivity index (χ4v) is 5.91. The third kappa shape index (κ3) is 4.18. The Balaban J connectivity index is 1.67. The van der Waals surface area contributed by atoms with Crippen molar-refractivity contribution in [3.8, 4) is 11.6 Å². The van der Waals surface area contributed by atoms with Gasteiger partial charge in [-0.1, -0.05) is 72.8 Å². The minimum absolute atomic E-state index is 0.166. The van der Waals surface area contributed by atoms with E-state index < -0.39 is 5.60 Å². The highest BCUT2D eigenvalue weighted by Crippen LogP contribution is 2.52. The smallest absolute Gasteiger partial charge is 0.217 e. The van der Waals surface area contributed by atoms with Crippen LogP contribution in [0.3, 0.4) is 0 Å². The first-order valence-corrected chi connectivity index (χ1v) is 13.0. The van der Waals surface area contributed by atoms with Crippen LogP contribution in [0.1, 0.15) is 29.0 Å². The monoisotopic (exact) mass is 504 g/mol. The Kier molecular flexibility index (Phi) is 6.48. The lowest BCUT2D eigenvalue weighted by Crippen LogP contribution is -2.47. The highest BCUT2D eigenvalue weighted by atomic mass is 16.5. The summed E-state index contributed by atoms with van der Waals surface area (Å²) in [5.41, 5.74) is 3.56. The van der Waals surface area contributed by atoms with Crippen LogP contribution in [0.2, 0.25) is 0 Å². The number of hydrogen-bond donors (Lipinski definition) is 0. The first-order valence-electron chi connectivity index (χ1n) is 13.0. The number of nitrogens with zero attached hydrogens (tertiary/aromatic N) is 2. The number of aromatic nitrogens is 1. The molecule has 2 heterocycles. The number of hydrogen-bond acceptors (Lipinski definition) is 5. The zero-order chi connectivity index (χ0) is 26.1. The van der Waals surface area contributed by atoms with E-state index in [0.717, 1.165) is 40.7 Å². The molecular formula is C33H32N2O3. The quantitative estimate of drug-likeness (QED) is 0.256. The normalized spacial score (nSPS) is 18.9. The molecule has 0 radical (unpaired) electrons. The van der Waals surface area contributed by atoms with Gasteiger partial charge in [-0.2, -0.15) is 0 Å². The van der Waals surface area contributed by atoms with E-state index in [9.17, 15) is 0 Å². The SMILES string of the molecule is COc1ccc2nc(OC)c([C@@H](c3ccccc3)[C@@]3(c4cccc5ccccc45)CCN(C)CO3)cc2c1. The maximum Gasteiger partial charge on any atom is 0.217 e. The zero-order valence-corrected chi connectivity index (χ0v) is 22.1. The molecule has 1 aliphatic rings. The fourth-order valence-electron chi connectivity index (χ4n) is 5.91. The van der Waals surface area contributed by atoms with Gasteiger partial charge in [0.15, 0.2) is 0 Å². The molecule has 0 N–H and O–H groups in total. The molecule has 5 nitrogen and oxygen atoms in total. The highest BCUT2D eigenvalue weighted by molar-refractivity contribution is 5.87. The first kappa shape index (κ1) is 24.4. The Morgan fingerprint density at radius 2 is 1.63 bits per heavy atom. The number of benzene rings is 4. The largest absolute Gasteiger partial charge is 0.497 e. The molecular weight excluding hydrogens is 472 g/mol. The van der Waals surface area contributed by atoms with E-state index in [1.807, 2.05) is 18.2 Å². The van der Waals surface area contributed by atoms with Gasteiger partial charge in [-0.25, -0.2) is 4.98 Å². The molecule has 1 aliphatic heterocycles. The predicted molar refractivity (Wildman–Crippen MR) is 152 cm³/mol. The Morgan fingerprint density at radius 1 is 0.842 bits per heavy atom. The standard InChI is InChI=1S/C33H32N2O3/c1-35-19-18-33(38-22-35,29-15-9-13-23-10-7-8-14-27(23)29)31(24-11-5-4-6-12-24)28-21-25-20-26(36-2)16-17-30(25)34-32(28)37-3/h4-17,20-21,31H,18-19,22H2,1-3H3/t31-,33+/m1/s1. The minimum Gasteiger partial charge on any atom is -0.497 e. The van der Waals surface area contributed by atoms with Crippen molar-refractivity contribution in [3.05, 3.63) is 114 Å². The number of rotatable bonds is 6. The van der Waals surface area contributed by atoms with Crippen LogP contribution in [-0.4, -0.2) is 44.4 Å². The maximum absolute atomic E-state index is 7.02. The number of pyridine rings is 1. The second-order valence-corrected chi connectivity index (χ2v) is 10.0. The molecule has 1 aromatic heterocycles. The zero-order valence-electron chi connectivity index (χ0n) is 22.1. The lowest BCUT2D eigenvalue weighted by molar-refractivity contribution is -0.145. The first-order chi connectivity index (χ1) is 18.6. The van der Waals surface area contributed by atoms with E-state index in [1.165, 1.54) is 16.3 Å². The van der Waals surface area contributed by atoms with Crippen LogP contribution < -0.4 is 9.47 Å². The molecule has 0 bridgehead atoms. The molecule has 0 amide bonds. The second kappa shape index (κ2) is 10.1. The van der Waals surface area contributed by atoms with E-state index in [1.54, 1.807) is 14.2 Å². The molecule has 5 aromatic rings. The van der Waals surface area contributed by atoms with Crippen LogP contribution in [-0.2, 0) is 10.3 Å². The van der Waals surface area contributed by atoms with Crippen molar-refractivity contribution in [2.45, 2.75) is 17.9 Å². The van der Waals surface area contributed by atoms with Gasteiger partial charge in [0.05, 0.1) is 19.7 Å². The van der Waals surface area contributed by atoms with E-state index in [4.69, 9.17) is 19.2 Å². The van der Waals surface area contributed by atoms with Gasteiger partial charge >= 0.3 is 0 Å². The number of fused-ring (bicyclic) bond motifs is 2. The predicted octanol–water partition coefficient (Wildman–Crippen LogP) is 6.74. The van der Waals surface area contributed by atoms with E-state index in [-0.39, 0.29) is 5.92 Å². The number of methoxy groups -OCH3 is 2. The molecule has 0 aliphatic carbocycles. The van der Waals surface area contributed by atoms with E-state index in [0.29, 0.717) is 12.6 Å². The van der Waals surface area contributed by atoms with Gasteiger partial charge in [-0.05, 0) is 59.6 Å². The average Bonchev–Trinajstić information content (AvgIpc) is 2.98. The third-order valence-electron chi connectivity index (χ3n) is 7.77. The van der Waals surface area contributed by atoms with Crippen molar-refractivity contribution in [1.29, 1.82) is 0 Å². The van der Waals surface area contributed by atoms with Gasteiger partial charge in [0.25, 0.3) is 0 Å². The lowest BCUT2D eigenvalue weighted by Gasteiger charge is -2.47. The summed E-state index contributed by atoms with van der Waals surface area (Å²) >= 11 is 0. The molecule has 38 heavy (non-hydrogen) atoms. The van der Waals surface area contributed by atoms with Crippen molar-refractivity contribution in [3.63, 3.8) is 0 Å². The summed E-state index contributed by atoms with van der Waals surface area (Å²) in [7, 11) is 5.49. The molecule has 6 rings (SSSR count). The van der Waals surface area contributed by atoms with Gasteiger partial charge in [0.2, 0.25) is 5.88 Å². The fraction of sp³-hybridized carbons (Fsp3) is 0.242. The van der Waals surface area contributed by atoms with Crippen LogP contribution >= 0.6 is 0 Å². The molecule has 0 unspecified atom stereocenters. The summed E-state index contributed by atoms with van der Waals surface area (Å²) in [4.78, 5) is 7.20. The molecule has 0 spiro atoms. The Labute approximate surface area is 223 Å². The molecule has 0 saturated carbocycles. The van der Waals surface area contributed by atoms with E-state index in [2.05, 4.69) is 90.8 Å². The summed E-state index contributed by atoms with van der Waals surface area (Å²) in [6, 6.07) is 33.9. The van der Waals surface area contributed by atoms with Gasteiger partial charge in [0.1, 0.15) is 18.1 Å². The van der Waals surface area contributed by atoms with Crippen molar-refractivity contribution in [2.75, 3.05) is 34.5 Å². The summed E-state index contributed by atoms with van der Waals surface area (Å²) in [5, 5.41) is 3.41. The van der Waals surface area contributed by atoms with Crippen molar-refractivity contribution < 1.29 is 14.2 Å². The van der Waals surface area contributed by atoms with E-state index >= 15 is 0 Å². The average molecular weight is 505 g/mol. The summed E-state index contributed by atoms with van der Waals surface area (Å²) in [6.45, 7) is 1.44. The van der Waals surface area contributed by atoms with Gasteiger partial charge < -0.3 is 14.2 Å². The molecule has 1 saturated heterocycles. The Bertz CT molecular complexity index is 1570. The maximum atomic E-state index is 7.02. The van der Waals surface area contributed by atoms with Crippen molar-refractivity contribution >= 4 is 21.7 Å². The Morgan fingerprint density at radius 3 is 2.39 bits per heavy atom. The van der Waals surface area contributed by atoms with Gasteiger partial charge in [-0.15, -0.1) is 0 Å². The van der Waals surface area contributed by atoms with Crippen LogP contribution in [0.4, 0.5) is 0 Å². The second-order valence-electron chi connectivity index (χ2n) is 10.0. The topological polar surface area (TPSA) is 43.8 Å². The molecule has 4 aromatic carbocycles. The van der Waals surface area contributed by atoms with Crippen LogP contribution in [0.15, 0.2) is 97.1 Å². The highest BCUT2D eigenvalue weighted by Gasteiger charge is 2.47.